The molecule has 2 atom stereocenters. The van der Waals surface area contributed by atoms with E-state index >= 15 is 0 Å². The van der Waals surface area contributed by atoms with Gasteiger partial charge in [0, 0.05) is 19.7 Å². The Kier molecular flexibility index (Phi) is 8.67. The standard InChI is InChI=1S/C16H34N2O/c1-14(2)11-17-9-5-7-15(3)18-10-6-8-16(12-18)13-19-4/h14-17H,5-13H2,1-4H3. The van der Waals surface area contributed by atoms with Gasteiger partial charge in [-0.25, -0.2) is 0 Å². The van der Waals surface area contributed by atoms with Crippen LogP contribution in [0.25, 0.3) is 0 Å². The fraction of sp³-hybridized carbons (Fsp3) is 1.00. The summed E-state index contributed by atoms with van der Waals surface area (Å²) < 4.78 is 5.31. The maximum atomic E-state index is 5.31. The van der Waals surface area contributed by atoms with Crippen molar-refractivity contribution in [2.24, 2.45) is 11.8 Å². The summed E-state index contributed by atoms with van der Waals surface area (Å²) in [6, 6.07) is 0.723. The molecule has 0 saturated carbocycles. The molecule has 1 saturated heterocycles. The first kappa shape index (κ1) is 16.9. The quantitative estimate of drug-likeness (QED) is 0.652. The van der Waals surface area contributed by atoms with Crippen molar-refractivity contribution in [3.8, 4) is 0 Å². The van der Waals surface area contributed by atoms with Gasteiger partial charge in [0.25, 0.3) is 0 Å². The normalized spacial score (nSPS) is 22.9. The molecule has 2 unspecified atom stereocenters. The highest BCUT2D eigenvalue weighted by molar-refractivity contribution is 4.77. The Bertz CT molecular complexity index is 219. The number of nitrogens with zero attached hydrogens (tertiary/aromatic N) is 1. The molecular formula is C16H34N2O. The zero-order chi connectivity index (χ0) is 14.1. The first-order valence-electron chi connectivity index (χ1n) is 8.07. The Morgan fingerprint density at radius 3 is 2.79 bits per heavy atom. The molecule has 0 aromatic rings. The van der Waals surface area contributed by atoms with Gasteiger partial charge in [-0.3, -0.25) is 0 Å². The highest BCUT2D eigenvalue weighted by Gasteiger charge is 2.22. The summed E-state index contributed by atoms with van der Waals surface area (Å²) in [6.45, 7) is 12.7. The summed E-state index contributed by atoms with van der Waals surface area (Å²) in [6.07, 6.45) is 5.28. The predicted octanol–water partition coefficient (Wildman–Crippen LogP) is 2.76. The summed E-state index contributed by atoms with van der Waals surface area (Å²) in [5.74, 6) is 1.51. The van der Waals surface area contributed by atoms with Gasteiger partial charge < -0.3 is 15.0 Å². The number of hydrogen-bond acceptors (Lipinski definition) is 3. The summed E-state index contributed by atoms with van der Waals surface area (Å²) in [5, 5.41) is 3.53. The summed E-state index contributed by atoms with van der Waals surface area (Å²) >= 11 is 0. The van der Waals surface area contributed by atoms with Crippen LogP contribution >= 0.6 is 0 Å². The molecule has 3 heteroatoms. The van der Waals surface area contributed by atoms with Crippen molar-refractivity contribution in [2.45, 2.75) is 52.5 Å². The van der Waals surface area contributed by atoms with Gasteiger partial charge in [0.15, 0.2) is 0 Å². The first-order valence-corrected chi connectivity index (χ1v) is 8.07. The highest BCUT2D eigenvalue weighted by atomic mass is 16.5. The lowest BCUT2D eigenvalue weighted by atomic mass is 9.97. The second-order valence-corrected chi connectivity index (χ2v) is 6.55. The van der Waals surface area contributed by atoms with Crippen LogP contribution in [0.1, 0.15) is 46.5 Å². The third-order valence-corrected chi connectivity index (χ3v) is 4.10. The molecule has 1 fully saturated rings. The van der Waals surface area contributed by atoms with E-state index in [1.807, 2.05) is 7.11 Å². The van der Waals surface area contributed by atoms with Crippen LogP contribution in [0.5, 0.6) is 0 Å². The Morgan fingerprint density at radius 2 is 2.11 bits per heavy atom. The number of hydrogen-bond donors (Lipinski definition) is 1. The van der Waals surface area contributed by atoms with Crippen LogP contribution in [0.3, 0.4) is 0 Å². The van der Waals surface area contributed by atoms with Crippen molar-refractivity contribution in [3.63, 3.8) is 0 Å². The van der Waals surface area contributed by atoms with Crippen LogP contribution < -0.4 is 5.32 Å². The lowest BCUT2D eigenvalue weighted by molar-refractivity contribution is 0.0697. The Morgan fingerprint density at radius 1 is 1.32 bits per heavy atom. The summed E-state index contributed by atoms with van der Waals surface area (Å²) in [4.78, 5) is 2.66. The van der Waals surface area contributed by atoms with Crippen LogP contribution in [-0.2, 0) is 4.74 Å². The molecule has 1 rings (SSSR count). The zero-order valence-corrected chi connectivity index (χ0v) is 13.5. The second-order valence-electron chi connectivity index (χ2n) is 6.55. The van der Waals surface area contributed by atoms with Gasteiger partial charge in [0.05, 0.1) is 6.61 Å². The molecule has 0 radical (unpaired) electrons. The van der Waals surface area contributed by atoms with Crippen LogP contribution in [0.2, 0.25) is 0 Å². The smallest absolute Gasteiger partial charge is 0.0502 e. The van der Waals surface area contributed by atoms with E-state index in [9.17, 15) is 0 Å². The van der Waals surface area contributed by atoms with E-state index in [4.69, 9.17) is 4.74 Å². The maximum absolute atomic E-state index is 5.31. The van der Waals surface area contributed by atoms with E-state index in [0.29, 0.717) is 0 Å². The molecule has 3 nitrogen and oxygen atoms in total. The lowest BCUT2D eigenvalue weighted by Crippen LogP contribution is -2.42. The molecular weight excluding hydrogens is 236 g/mol. The molecule has 1 aliphatic rings. The van der Waals surface area contributed by atoms with Crippen molar-refractivity contribution < 1.29 is 4.74 Å². The summed E-state index contributed by atoms with van der Waals surface area (Å²) in [5.41, 5.74) is 0. The van der Waals surface area contributed by atoms with E-state index in [-0.39, 0.29) is 0 Å². The molecule has 114 valence electrons. The molecule has 1 aliphatic heterocycles. The van der Waals surface area contributed by atoms with Crippen LogP contribution in [0.4, 0.5) is 0 Å². The number of ether oxygens (including phenoxy) is 1. The van der Waals surface area contributed by atoms with Gasteiger partial charge >= 0.3 is 0 Å². The average molecular weight is 270 g/mol. The molecule has 0 bridgehead atoms. The van der Waals surface area contributed by atoms with Crippen molar-refractivity contribution in [1.82, 2.24) is 10.2 Å². The Labute approximate surface area is 120 Å². The molecule has 1 N–H and O–H groups in total. The third-order valence-electron chi connectivity index (χ3n) is 4.10. The molecule has 0 spiro atoms. The van der Waals surface area contributed by atoms with Gasteiger partial charge in [0.1, 0.15) is 0 Å². The van der Waals surface area contributed by atoms with Gasteiger partial charge in [0.2, 0.25) is 0 Å². The largest absolute Gasteiger partial charge is 0.384 e. The molecule has 0 aromatic heterocycles. The monoisotopic (exact) mass is 270 g/mol. The maximum Gasteiger partial charge on any atom is 0.0502 e. The van der Waals surface area contributed by atoms with Crippen LogP contribution in [0.15, 0.2) is 0 Å². The Balaban J connectivity index is 2.12. The van der Waals surface area contributed by atoms with Crippen molar-refractivity contribution in [3.05, 3.63) is 0 Å². The van der Waals surface area contributed by atoms with Crippen molar-refractivity contribution >= 4 is 0 Å². The molecule has 0 aromatic carbocycles. The molecule has 0 aliphatic carbocycles. The number of nitrogens with one attached hydrogen (secondary N) is 1. The second kappa shape index (κ2) is 9.73. The average Bonchev–Trinajstić information content (AvgIpc) is 2.38. The van der Waals surface area contributed by atoms with E-state index in [1.165, 1.54) is 38.8 Å². The van der Waals surface area contributed by atoms with Crippen LogP contribution in [-0.4, -0.2) is 50.8 Å². The first-order chi connectivity index (χ1) is 9.13. The fourth-order valence-electron chi connectivity index (χ4n) is 2.97. The topological polar surface area (TPSA) is 24.5 Å². The van der Waals surface area contributed by atoms with E-state index < -0.39 is 0 Å². The highest BCUT2D eigenvalue weighted by Crippen LogP contribution is 2.20. The van der Waals surface area contributed by atoms with E-state index in [0.717, 1.165) is 37.6 Å². The number of likely N-dealkylation sites (tertiary alicyclic amines) is 1. The van der Waals surface area contributed by atoms with Crippen LogP contribution in [0, 0.1) is 11.8 Å². The summed E-state index contributed by atoms with van der Waals surface area (Å²) in [7, 11) is 1.82. The SMILES string of the molecule is COCC1CCCN(C(C)CCCNCC(C)C)C1. The lowest BCUT2D eigenvalue weighted by Gasteiger charge is -2.36. The zero-order valence-electron chi connectivity index (χ0n) is 13.5. The van der Waals surface area contributed by atoms with Gasteiger partial charge in [-0.05, 0) is 64.1 Å². The predicted molar refractivity (Wildman–Crippen MR) is 82.6 cm³/mol. The number of piperidine rings is 1. The van der Waals surface area contributed by atoms with Crippen molar-refractivity contribution in [2.75, 3.05) is 39.9 Å². The van der Waals surface area contributed by atoms with E-state index in [1.54, 1.807) is 0 Å². The molecule has 19 heavy (non-hydrogen) atoms. The minimum atomic E-state index is 0.723. The number of rotatable bonds is 9. The third kappa shape index (κ3) is 7.28. The van der Waals surface area contributed by atoms with Gasteiger partial charge in [-0.1, -0.05) is 13.8 Å². The minimum absolute atomic E-state index is 0.723. The fourth-order valence-corrected chi connectivity index (χ4v) is 2.97. The van der Waals surface area contributed by atoms with Crippen molar-refractivity contribution in [1.29, 1.82) is 0 Å². The van der Waals surface area contributed by atoms with E-state index in [2.05, 4.69) is 31.0 Å². The molecule has 1 heterocycles. The Hall–Kier alpha value is -0.120. The number of methoxy groups -OCH3 is 1. The van der Waals surface area contributed by atoms with Gasteiger partial charge in [-0.15, -0.1) is 0 Å². The van der Waals surface area contributed by atoms with Gasteiger partial charge in [-0.2, -0.15) is 0 Å². The molecule has 0 amide bonds. The minimum Gasteiger partial charge on any atom is -0.384 e.